The fraction of sp³-hybridized carbons (Fsp3) is 0.375. The molecular weight excluding hydrogens is 250 g/mol. The fourth-order valence-corrected chi connectivity index (χ4v) is 2.01. The van der Waals surface area contributed by atoms with Gasteiger partial charge < -0.3 is 4.90 Å². The number of carbonyl (C=O) groups excluding carboxylic acids is 1. The molecule has 1 heterocycles. The number of hydrogen-bond acceptors (Lipinski definition) is 2. The van der Waals surface area contributed by atoms with E-state index in [0.717, 1.165) is 12.1 Å². The third-order valence-corrected chi connectivity index (χ3v) is 3.12. The van der Waals surface area contributed by atoms with Crippen molar-refractivity contribution in [1.29, 1.82) is 0 Å². The zero-order valence-corrected chi connectivity index (χ0v) is 12.9. The molecule has 0 fully saturated rings. The number of hydrogen-bond donors (Lipinski definition) is 0. The number of nitrogens with zero attached hydrogens (tertiary/aromatic N) is 3. The summed E-state index contributed by atoms with van der Waals surface area (Å²) in [6.45, 7) is 8.71. The minimum absolute atomic E-state index is 0.577. The van der Waals surface area contributed by atoms with Crippen molar-refractivity contribution in [3.05, 3.63) is 47.3 Å². The van der Waals surface area contributed by atoms with Gasteiger partial charge in [-0.2, -0.15) is 5.10 Å². The SMILES string of the molecule is CC.Cc1cccc(C)c1CN(C=O)c1cnn(C)c1. The topological polar surface area (TPSA) is 38.1 Å². The zero-order chi connectivity index (χ0) is 15.1. The summed E-state index contributed by atoms with van der Waals surface area (Å²) in [7, 11) is 1.84. The molecular formula is C16H23N3O. The Morgan fingerprint density at radius 3 is 2.30 bits per heavy atom. The van der Waals surface area contributed by atoms with Crippen LogP contribution < -0.4 is 4.90 Å². The van der Waals surface area contributed by atoms with E-state index in [1.165, 1.54) is 16.7 Å². The second-order valence-electron chi connectivity index (χ2n) is 4.48. The molecule has 2 aromatic rings. The number of anilines is 1. The summed E-state index contributed by atoms with van der Waals surface area (Å²) in [4.78, 5) is 12.9. The Balaban J connectivity index is 0.000000956. The largest absolute Gasteiger partial charge is 0.308 e. The second-order valence-corrected chi connectivity index (χ2v) is 4.48. The van der Waals surface area contributed by atoms with Gasteiger partial charge >= 0.3 is 0 Å². The van der Waals surface area contributed by atoms with E-state index in [2.05, 4.69) is 31.1 Å². The maximum absolute atomic E-state index is 11.2. The van der Waals surface area contributed by atoms with Crippen molar-refractivity contribution < 1.29 is 4.79 Å². The first kappa shape index (κ1) is 16.0. The molecule has 0 saturated heterocycles. The average Bonchev–Trinajstić information content (AvgIpc) is 2.87. The number of benzene rings is 1. The molecule has 0 spiro atoms. The number of aryl methyl sites for hydroxylation is 3. The van der Waals surface area contributed by atoms with Crippen molar-refractivity contribution >= 4 is 12.1 Å². The van der Waals surface area contributed by atoms with Gasteiger partial charge in [-0.25, -0.2) is 0 Å². The molecule has 4 nitrogen and oxygen atoms in total. The fourth-order valence-electron chi connectivity index (χ4n) is 2.01. The first-order valence-electron chi connectivity index (χ1n) is 6.87. The summed E-state index contributed by atoms with van der Waals surface area (Å²) in [6.07, 6.45) is 4.38. The minimum Gasteiger partial charge on any atom is -0.308 e. The highest BCUT2D eigenvalue weighted by Gasteiger charge is 2.11. The summed E-state index contributed by atoms with van der Waals surface area (Å²) in [5.41, 5.74) is 4.40. The third-order valence-electron chi connectivity index (χ3n) is 3.12. The van der Waals surface area contributed by atoms with Crippen molar-refractivity contribution in [3.63, 3.8) is 0 Å². The highest BCUT2D eigenvalue weighted by Crippen LogP contribution is 2.19. The zero-order valence-electron chi connectivity index (χ0n) is 12.9. The lowest BCUT2D eigenvalue weighted by Gasteiger charge is -2.18. The van der Waals surface area contributed by atoms with Gasteiger partial charge in [0.05, 0.1) is 18.4 Å². The average molecular weight is 273 g/mol. The number of carbonyl (C=O) groups is 1. The van der Waals surface area contributed by atoms with E-state index in [-0.39, 0.29) is 0 Å². The van der Waals surface area contributed by atoms with E-state index in [9.17, 15) is 4.79 Å². The normalized spacial score (nSPS) is 9.65. The summed E-state index contributed by atoms with van der Waals surface area (Å²) < 4.78 is 1.69. The molecule has 4 heteroatoms. The molecule has 1 aromatic heterocycles. The molecule has 0 N–H and O–H groups in total. The molecule has 0 saturated carbocycles. The van der Waals surface area contributed by atoms with Crippen LogP contribution in [0.5, 0.6) is 0 Å². The molecule has 0 atom stereocenters. The first-order chi connectivity index (χ1) is 9.61. The van der Waals surface area contributed by atoms with Crippen molar-refractivity contribution in [2.45, 2.75) is 34.2 Å². The number of rotatable bonds is 4. The maximum Gasteiger partial charge on any atom is 0.214 e. The van der Waals surface area contributed by atoms with Crippen LogP contribution in [0.25, 0.3) is 0 Å². The van der Waals surface area contributed by atoms with Crippen LogP contribution in [0, 0.1) is 13.8 Å². The predicted molar refractivity (Wildman–Crippen MR) is 82.7 cm³/mol. The minimum atomic E-state index is 0.577. The van der Waals surface area contributed by atoms with Crippen LogP contribution >= 0.6 is 0 Å². The summed E-state index contributed by atoms with van der Waals surface area (Å²) >= 11 is 0. The predicted octanol–water partition coefficient (Wildman–Crippen LogP) is 3.23. The van der Waals surface area contributed by atoms with Crippen molar-refractivity contribution in [1.82, 2.24) is 9.78 Å². The van der Waals surface area contributed by atoms with Gasteiger partial charge in [-0.15, -0.1) is 0 Å². The lowest BCUT2D eigenvalue weighted by atomic mass is 10.0. The molecule has 0 bridgehead atoms. The Bertz CT molecular complexity index is 540. The Morgan fingerprint density at radius 1 is 1.25 bits per heavy atom. The lowest BCUT2D eigenvalue weighted by molar-refractivity contribution is -0.107. The summed E-state index contributed by atoms with van der Waals surface area (Å²) in [5, 5.41) is 4.09. The van der Waals surface area contributed by atoms with E-state index < -0.39 is 0 Å². The van der Waals surface area contributed by atoms with Gasteiger partial charge in [0, 0.05) is 13.2 Å². The summed E-state index contributed by atoms with van der Waals surface area (Å²) in [6, 6.07) is 6.16. The Kier molecular flexibility index (Phi) is 5.97. The molecule has 0 unspecified atom stereocenters. The molecule has 1 amide bonds. The Hall–Kier alpha value is -2.10. The molecule has 1 aromatic carbocycles. The highest BCUT2D eigenvalue weighted by molar-refractivity contribution is 5.74. The Labute approximate surface area is 121 Å². The lowest BCUT2D eigenvalue weighted by Crippen LogP contribution is -2.21. The van der Waals surface area contributed by atoms with E-state index in [0.29, 0.717) is 6.54 Å². The molecule has 0 aliphatic carbocycles. The quantitative estimate of drug-likeness (QED) is 0.802. The van der Waals surface area contributed by atoms with Crippen LogP contribution in [0.3, 0.4) is 0 Å². The molecule has 108 valence electrons. The van der Waals surface area contributed by atoms with Crippen molar-refractivity contribution in [2.24, 2.45) is 7.05 Å². The van der Waals surface area contributed by atoms with Crippen LogP contribution in [0.1, 0.15) is 30.5 Å². The number of amides is 1. The van der Waals surface area contributed by atoms with Gasteiger partial charge in [0.25, 0.3) is 0 Å². The van der Waals surface area contributed by atoms with E-state index in [1.54, 1.807) is 15.8 Å². The van der Waals surface area contributed by atoms with Crippen molar-refractivity contribution in [3.8, 4) is 0 Å². The van der Waals surface area contributed by atoms with Gasteiger partial charge in [0.2, 0.25) is 6.41 Å². The standard InChI is InChI=1S/C14H17N3O.C2H6/c1-11-5-4-6-12(2)14(11)9-17(10-18)13-7-15-16(3)8-13;1-2/h4-8,10H,9H2,1-3H3;1-2H3. The molecule has 2 rings (SSSR count). The van der Waals surface area contributed by atoms with Crippen LogP contribution in [-0.2, 0) is 18.4 Å². The van der Waals surface area contributed by atoms with Crippen LogP contribution in [0.15, 0.2) is 30.6 Å². The van der Waals surface area contributed by atoms with Gasteiger partial charge in [0.1, 0.15) is 0 Å². The molecule has 20 heavy (non-hydrogen) atoms. The molecule has 0 aliphatic heterocycles. The second kappa shape index (κ2) is 7.48. The summed E-state index contributed by atoms with van der Waals surface area (Å²) in [5.74, 6) is 0. The van der Waals surface area contributed by atoms with Crippen LogP contribution in [0.4, 0.5) is 5.69 Å². The van der Waals surface area contributed by atoms with E-state index in [4.69, 9.17) is 0 Å². The van der Waals surface area contributed by atoms with Gasteiger partial charge in [0.15, 0.2) is 0 Å². The van der Waals surface area contributed by atoms with Gasteiger partial charge in [-0.05, 0) is 30.5 Å². The molecule has 0 radical (unpaired) electrons. The third kappa shape index (κ3) is 3.70. The number of aromatic nitrogens is 2. The monoisotopic (exact) mass is 273 g/mol. The van der Waals surface area contributed by atoms with Crippen LogP contribution in [0.2, 0.25) is 0 Å². The first-order valence-corrected chi connectivity index (χ1v) is 6.87. The van der Waals surface area contributed by atoms with E-state index >= 15 is 0 Å². The van der Waals surface area contributed by atoms with E-state index in [1.807, 2.05) is 33.2 Å². The smallest absolute Gasteiger partial charge is 0.214 e. The molecule has 0 aliphatic rings. The Morgan fingerprint density at radius 2 is 1.85 bits per heavy atom. The van der Waals surface area contributed by atoms with Gasteiger partial charge in [-0.3, -0.25) is 9.48 Å². The van der Waals surface area contributed by atoms with Gasteiger partial charge in [-0.1, -0.05) is 32.0 Å². The van der Waals surface area contributed by atoms with Crippen molar-refractivity contribution in [2.75, 3.05) is 4.90 Å². The maximum atomic E-state index is 11.2. The van der Waals surface area contributed by atoms with Crippen LogP contribution in [-0.4, -0.2) is 16.2 Å². The highest BCUT2D eigenvalue weighted by atomic mass is 16.1.